The Balaban J connectivity index is 1.83. The van der Waals surface area contributed by atoms with Crippen LogP contribution >= 0.6 is 0 Å². The summed E-state index contributed by atoms with van der Waals surface area (Å²) in [6.45, 7) is -0.0183. The van der Waals surface area contributed by atoms with Gasteiger partial charge in [0.2, 0.25) is 0 Å². The number of rotatable bonds is 8. The lowest BCUT2D eigenvalue weighted by atomic mass is 10.1. The van der Waals surface area contributed by atoms with Gasteiger partial charge < -0.3 is 18.5 Å². The molecular weight excluding hydrogens is 457 g/mol. The molecule has 3 aromatic heterocycles. The number of hydrogen-bond acceptors (Lipinski definition) is 7. The fraction of sp³-hybridized carbons (Fsp3) is 0.273. The molecule has 0 aliphatic heterocycles. The molecule has 9 nitrogen and oxygen atoms in total. The molecule has 178 valence electrons. The van der Waals surface area contributed by atoms with Crippen molar-refractivity contribution >= 4 is 11.6 Å². The van der Waals surface area contributed by atoms with Crippen molar-refractivity contribution in [3.8, 4) is 11.5 Å². The molecule has 0 amide bonds. The Morgan fingerprint density at radius 2 is 2.00 bits per heavy atom. The number of oxazole rings is 1. The van der Waals surface area contributed by atoms with Crippen molar-refractivity contribution in [2.45, 2.75) is 25.7 Å². The zero-order valence-electron chi connectivity index (χ0n) is 17.9. The maximum atomic E-state index is 13.0. The van der Waals surface area contributed by atoms with Gasteiger partial charge in [-0.1, -0.05) is 30.3 Å². The molecule has 4 aromatic rings. The number of nitrogens with zero attached hydrogens (tertiary/aromatic N) is 4. The quantitative estimate of drug-likeness (QED) is 0.358. The number of halogens is 3. The van der Waals surface area contributed by atoms with E-state index in [0.717, 1.165) is 4.52 Å². The Morgan fingerprint density at radius 1 is 1.24 bits per heavy atom. The fourth-order valence-electron chi connectivity index (χ4n) is 3.37. The second-order valence-electron chi connectivity index (χ2n) is 7.21. The van der Waals surface area contributed by atoms with Gasteiger partial charge in [0.25, 0.3) is 5.56 Å². The Hall–Kier alpha value is -3.93. The molecule has 0 N–H and O–H groups in total. The lowest BCUT2D eigenvalue weighted by Crippen LogP contribution is -2.28. The van der Waals surface area contributed by atoms with Crippen LogP contribution in [0, 0.1) is 0 Å². The van der Waals surface area contributed by atoms with Crippen LogP contribution in [0.1, 0.15) is 28.9 Å². The molecule has 1 atom stereocenters. The van der Waals surface area contributed by atoms with Crippen molar-refractivity contribution in [2.24, 2.45) is 0 Å². The summed E-state index contributed by atoms with van der Waals surface area (Å²) in [7, 11) is 0. The summed E-state index contributed by atoms with van der Waals surface area (Å²) < 4.78 is 56.6. The summed E-state index contributed by atoms with van der Waals surface area (Å²) in [5.74, 6) is -0.618. The number of aromatic nitrogens is 4. The molecule has 4 rings (SSSR count). The first-order chi connectivity index (χ1) is 16.3. The third-order valence-corrected chi connectivity index (χ3v) is 4.85. The molecule has 0 radical (unpaired) electrons. The second kappa shape index (κ2) is 9.51. The smallest absolute Gasteiger partial charge is 0.411 e. The molecule has 0 aliphatic rings. The van der Waals surface area contributed by atoms with E-state index in [9.17, 15) is 22.8 Å². The average Bonchev–Trinajstić information content (AvgIpc) is 3.48. The van der Waals surface area contributed by atoms with Gasteiger partial charge in [-0.15, -0.1) is 0 Å². The highest BCUT2D eigenvalue weighted by atomic mass is 19.4. The van der Waals surface area contributed by atoms with Crippen LogP contribution in [0.4, 0.5) is 13.2 Å². The zero-order valence-corrected chi connectivity index (χ0v) is 17.9. The van der Waals surface area contributed by atoms with Crippen LogP contribution in [-0.2, 0) is 16.0 Å². The minimum Gasteiger partial charge on any atom is -0.462 e. The van der Waals surface area contributed by atoms with Crippen molar-refractivity contribution in [3.05, 3.63) is 76.7 Å². The summed E-state index contributed by atoms with van der Waals surface area (Å²) in [5, 5.41) is 4.20. The van der Waals surface area contributed by atoms with Gasteiger partial charge in [0.1, 0.15) is 29.6 Å². The highest BCUT2D eigenvalue weighted by molar-refractivity contribution is 5.89. The van der Waals surface area contributed by atoms with E-state index in [-0.39, 0.29) is 35.8 Å². The maximum absolute atomic E-state index is 13.0. The van der Waals surface area contributed by atoms with E-state index in [4.69, 9.17) is 13.9 Å². The number of hydrogen-bond donors (Lipinski definition) is 0. The standard InChI is InChI=1S/C22H19F3N4O5/c1-2-32-21(31)15-10-28(11-18(33-12-22(23,24)25)14-6-4-3-5-7-14)19-8-16(17-9-26-13-34-17)27-29(19)20(15)30/h3-10,13,18H,2,11-12H2,1H3. The van der Waals surface area contributed by atoms with Gasteiger partial charge in [0, 0.05) is 12.3 Å². The number of fused-ring (bicyclic) bond motifs is 1. The molecule has 0 saturated heterocycles. The number of benzene rings is 1. The first-order valence-corrected chi connectivity index (χ1v) is 10.2. The highest BCUT2D eigenvalue weighted by Gasteiger charge is 2.30. The van der Waals surface area contributed by atoms with E-state index in [1.165, 1.54) is 29.4 Å². The fourth-order valence-corrected chi connectivity index (χ4v) is 3.37. The summed E-state index contributed by atoms with van der Waals surface area (Å²) in [4.78, 5) is 29.2. The van der Waals surface area contributed by atoms with E-state index >= 15 is 0 Å². The molecular formula is C22H19F3N4O5. The molecule has 34 heavy (non-hydrogen) atoms. The lowest BCUT2D eigenvalue weighted by Gasteiger charge is -2.22. The maximum Gasteiger partial charge on any atom is 0.411 e. The first-order valence-electron chi connectivity index (χ1n) is 10.2. The van der Waals surface area contributed by atoms with E-state index < -0.39 is 30.4 Å². The van der Waals surface area contributed by atoms with Crippen LogP contribution in [0.15, 0.2) is 64.4 Å². The van der Waals surface area contributed by atoms with Crippen LogP contribution in [0.3, 0.4) is 0 Å². The number of alkyl halides is 3. The van der Waals surface area contributed by atoms with E-state index in [2.05, 4.69) is 10.1 Å². The third kappa shape index (κ3) is 5.01. The lowest BCUT2D eigenvalue weighted by molar-refractivity contribution is -0.187. The molecule has 3 heterocycles. The van der Waals surface area contributed by atoms with Gasteiger partial charge >= 0.3 is 12.1 Å². The largest absolute Gasteiger partial charge is 0.462 e. The van der Waals surface area contributed by atoms with Crippen LogP contribution in [0.5, 0.6) is 0 Å². The third-order valence-electron chi connectivity index (χ3n) is 4.85. The van der Waals surface area contributed by atoms with E-state index in [0.29, 0.717) is 5.56 Å². The molecule has 12 heteroatoms. The van der Waals surface area contributed by atoms with E-state index in [1.54, 1.807) is 37.3 Å². The van der Waals surface area contributed by atoms with Gasteiger partial charge in [-0.2, -0.15) is 22.8 Å². The topological polar surface area (TPSA) is 101 Å². The van der Waals surface area contributed by atoms with Crippen molar-refractivity contribution in [2.75, 3.05) is 13.2 Å². The van der Waals surface area contributed by atoms with Crippen molar-refractivity contribution < 1.29 is 31.9 Å². The summed E-state index contributed by atoms with van der Waals surface area (Å²) in [6, 6.07) is 9.83. The molecule has 1 unspecified atom stereocenters. The van der Waals surface area contributed by atoms with Gasteiger partial charge in [-0.05, 0) is 12.5 Å². The first kappa shape index (κ1) is 23.2. The minimum absolute atomic E-state index is 0.0278. The van der Waals surface area contributed by atoms with E-state index in [1.807, 2.05) is 0 Å². The minimum atomic E-state index is -4.54. The summed E-state index contributed by atoms with van der Waals surface area (Å²) in [6.07, 6.45) is -1.78. The van der Waals surface area contributed by atoms with Gasteiger partial charge in [0.05, 0.1) is 19.3 Å². The molecule has 0 spiro atoms. The molecule has 0 aliphatic carbocycles. The van der Waals surface area contributed by atoms with Gasteiger partial charge in [0.15, 0.2) is 12.2 Å². The van der Waals surface area contributed by atoms with Crippen molar-refractivity contribution in [1.82, 2.24) is 19.2 Å². The van der Waals surface area contributed by atoms with Crippen LogP contribution in [-0.4, -0.2) is 44.5 Å². The van der Waals surface area contributed by atoms with Crippen molar-refractivity contribution in [3.63, 3.8) is 0 Å². The number of carbonyl (C=O) groups is 1. The van der Waals surface area contributed by atoms with Crippen LogP contribution in [0.2, 0.25) is 0 Å². The Morgan fingerprint density at radius 3 is 2.65 bits per heavy atom. The van der Waals surface area contributed by atoms with Crippen LogP contribution < -0.4 is 5.56 Å². The predicted octanol–water partition coefficient (Wildman–Crippen LogP) is 3.65. The SMILES string of the molecule is CCOC(=O)c1cn(CC(OCC(F)(F)F)c2ccccc2)c2cc(-c3cnco3)nn2c1=O. The monoisotopic (exact) mass is 476 g/mol. The highest BCUT2D eigenvalue weighted by Crippen LogP contribution is 2.26. The number of carbonyl (C=O) groups excluding carboxylic acids is 1. The number of ether oxygens (including phenoxy) is 2. The van der Waals surface area contributed by atoms with Gasteiger partial charge in [-0.25, -0.2) is 9.78 Å². The Kier molecular flexibility index (Phi) is 6.50. The molecule has 1 aromatic carbocycles. The Bertz CT molecular complexity index is 1330. The number of esters is 1. The normalized spacial score (nSPS) is 12.7. The average molecular weight is 476 g/mol. The molecule has 0 saturated carbocycles. The zero-order chi connectivity index (χ0) is 24.3. The molecule has 0 fully saturated rings. The Labute approximate surface area is 190 Å². The summed E-state index contributed by atoms with van der Waals surface area (Å²) >= 11 is 0. The van der Waals surface area contributed by atoms with Crippen LogP contribution in [0.25, 0.3) is 17.1 Å². The predicted molar refractivity (Wildman–Crippen MR) is 112 cm³/mol. The van der Waals surface area contributed by atoms with Gasteiger partial charge in [-0.3, -0.25) is 4.79 Å². The second-order valence-corrected chi connectivity index (χ2v) is 7.21. The molecule has 0 bridgehead atoms. The van der Waals surface area contributed by atoms with Crippen molar-refractivity contribution in [1.29, 1.82) is 0 Å². The summed E-state index contributed by atoms with van der Waals surface area (Å²) in [5.41, 5.74) is -0.138.